The molecule has 0 spiro atoms. The van der Waals surface area contributed by atoms with E-state index in [0.29, 0.717) is 13.2 Å². The summed E-state index contributed by atoms with van der Waals surface area (Å²) in [7, 11) is 1.65. The highest BCUT2D eigenvalue weighted by Crippen LogP contribution is 2.20. The Balaban J connectivity index is -0.000000439. The maximum absolute atomic E-state index is 11.6. The molecule has 0 aromatic heterocycles. The Morgan fingerprint density at radius 3 is 2.00 bits per heavy atom. The summed E-state index contributed by atoms with van der Waals surface area (Å²) < 4.78 is 4.86. The van der Waals surface area contributed by atoms with Gasteiger partial charge in [-0.2, -0.15) is 0 Å². The van der Waals surface area contributed by atoms with Crippen LogP contribution in [0.5, 0.6) is 0 Å². The molecule has 0 aliphatic heterocycles. The monoisotopic (exact) mass is 247 g/mol. The lowest BCUT2D eigenvalue weighted by Crippen LogP contribution is -2.34. The Labute approximate surface area is 108 Å². The van der Waals surface area contributed by atoms with Crippen LogP contribution >= 0.6 is 0 Å². The second kappa shape index (κ2) is 15.6. The van der Waals surface area contributed by atoms with Gasteiger partial charge in [-0.15, -0.1) is 0 Å². The van der Waals surface area contributed by atoms with Crippen molar-refractivity contribution in [1.29, 1.82) is 0 Å². The van der Waals surface area contributed by atoms with E-state index in [-0.39, 0.29) is 11.2 Å². The molecular weight excluding hydrogens is 214 g/mol. The molecule has 17 heavy (non-hydrogen) atoms. The van der Waals surface area contributed by atoms with Gasteiger partial charge in [0.1, 0.15) is 0 Å². The molecule has 0 aromatic rings. The standard InChI is InChI=1S/C10H21NO2.2C2H6/c1-5-10(2,3)9(12)8-11-6-7-13-4;2*1-2/h11H,5-8H2,1-4H3;2*1-2H3. The molecule has 0 bridgehead atoms. The Morgan fingerprint density at radius 2 is 1.65 bits per heavy atom. The molecule has 0 saturated carbocycles. The van der Waals surface area contributed by atoms with Crippen molar-refractivity contribution in [3.05, 3.63) is 0 Å². The van der Waals surface area contributed by atoms with Gasteiger partial charge in [0.25, 0.3) is 0 Å². The van der Waals surface area contributed by atoms with Crippen molar-refractivity contribution in [3.63, 3.8) is 0 Å². The number of methoxy groups -OCH3 is 1. The molecule has 3 nitrogen and oxygen atoms in total. The van der Waals surface area contributed by atoms with E-state index >= 15 is 0 Å². The molecule has 0 aliphatic rings. The lowest BCUT2D eigenvalue weighted by Gasteiger charge is -2.20. The van der Waals surface area contributed by atoms with E-state index in [9.17, 15) is 4.79 Å². The number of nitrogens with one attached hydrogen (secondary N) is 1. The van der Waals surface area contributed by atoms with E-state index < -0.39 is 0 Å². The van der Waals surface area contributed by atoms with E-state index in [1.54, 1.807) is 7.11 Å². The van der Waals surface area contributed by atoms with Crippen molar-refractivity contribution in [1.82, 2.24) is 5.32 Å². The van der Waals surface area contributed by atoms with Crippen LogP contribution in [0.25, 0.3) is 0 Å². The molecule has 0 unspecified atom stereocenters. The van der Waals surface area contributed by atoms with Gasteiger partial charge in [0.05, 0.1) is 13.2 Å². The molecule has 0 aliphatic carbocycles. The molecule has 0 amide bonds. The quantitative estimate of drug-likeness (QED) is 0.702. The zero-order valence-electron chi connectivity index (χ0n) is 13.1. The molecule has 3 heteroatoms. The summed E-state index contributed by atoms with van der Waals surface area (Å²) in [6, 6.07) is 0. The number of ether oxygens (including phenoxy) is 1. The maximum Gasteiger partial charge on any atom is 0.152 e. The molecule has 106 valence electrons. The minimum atomic E-state index is -0.194. The number of hydrogen-bond donors (Lipinski definition) is 1. The number of ketones is 1. The van der Waals surface area contributed by atoms with Crippen LogP contribution in [0.2, 0.25) is 0 Å². The van der Waals surface area contributed by atoms with Gasteiger partial charge in [-0.1, -0.05) is 48.5 Å². The number of hydrogen-bond acceptors (Lipinski definition) is 3. The van der Waals surface area contributed by atoms with Crippen LogP contribution in [-0.2, 0) is 9.53 Å². The highest BCUT2D eigenvalue weighted by Gasteiger charge is 2.23. The van der Waals surface area contributed by atoms with Crippen LogP contribution in [-0.4, -0.2) is 32.6 Å². The lowest BCUT2D eigenvalue weighted by molar-refractivity contribution is -0.126. The van der Waals surface area contributed by atoms with Gasteiger partial charge in [-0.3, -0.25) is 4.79 Å². The third kappa shape index (κ3) is 13.5. The predicted molar refractivity (Wildman–Crippen MR) is 76.5 cm³/mol. The minimum Gasteiger partial charge on any atom is -0.383 e. The van der Waals surface area contributed by atoms with E-state index in [1.807, 2.05) is 48.5 Å². The van der Waals surface area contributed by atoms with Crippen LogP contribution in [0, 0.1) is 5.41 Å². The number of carbonyl (C=O) groups excluding carboxylic acids is 1. The average molecular weight is 247 g/mol. The second-order valence-electron chi connectivity index (χ2n) is 3.83. The highest BCUT2D eigenvalue weighted by atomic mass is 16.5. The van der Waals surface area contributed by atoms with E-state index in [0.717, 1.165) is 13.0 Å². The fourth-order valence-electron chi connectivity index (χ4n) is 0.813. The molecule has 0 atom stereocenters. The first-order valence-electron chi connectivity index (χ1n) is 6.77. The average Bonchev–Trinajstić information content (AvgIpc) is 2.39. The molecule has 0 rings (SSSR count). The Bertz CT molecular complexity index is 156. The van der Waals surface area contributed by atoms with Crippen molar-refractivity contribution < 1.29 is 9.53 Å². The van der Waals surface area contributed by atoms with Crippen LogP contribution in [0.4, 0.5) is 0 Å². The summed E-state index contributed by atoms with van der Waals surface area (Å²) in [6.45, 7) is 15.8. The van der Waals surface area contributed by atoms with Gasteiger partial charge in [0.2, 0.25) is 0 Å². The molecule has 0 fully saturated rings. The number of carbonyl (C=O) groups is 1. The van der Waals surface area contributed by atoms with E-state index in [4.69, 9.17) is 4.74 Å². The topological polar surface area (TPSA) is 38.3 Å². The summed E-state index contributed by atoms with van der Waals surface area (Å²) in [5.74, 6) is 0.270. The summed E-state index contributed by atoms with van der Waals surface area (Å²) in [4.78, 5) is 11.6. The van der Waals surface area contributed by atoms with Gasteiger partial charge < -0.3 is 10.1 Å². The minimum absolute atomic E-state index is 0.194. The summed E-state index contributed by atoms with van der Waals surface area (Å²) in [5, 5.41) is 3.05. The Morgan fingerprint density at radius 1 is 1.18 bits per heavy atom. The van der Waals surface area contributed by atoms with Gasteiger partial charge in [0, 0.05) is 19.1 Å². The van der Waals surface area contributed by atoms with Gasteiger partial charge in [0.15, 0.2) is 5.78 Å². The van der Waals surface area contributed by atoms with E-state index in [2.05, 4.69) is 5.32 Å². The largest absolute Gasteiger partial charge is 0.383 e. The van der Waals surface area contributed by atoms with Crippen LogP contribution in [0.3, 0.4) is 0 Å². The summed E-state index contributed by atoms with van der Waals surface area (Å²) >= 11 is 0. The third-order valence-electron chi connectivity index (χ3n) is 2.41. The van der Waals surface area contributed by atoms with Crippen molar-refractivity contribution >= 4 is 5.78 Å². The molecule has 0 aromatic carbocycles. The first kappa shape index (κ1) is 21.8. The van der Waals surface area contributed by atoms with Gasteiger partial charge >= 0.3 is 0 Å². The fourth-order valence-corrected chi connectivity index (χ4v) is 0.813. The van der Waals surface area contributed by atoms with E-state index in [1.165, 1.54) is 0 Å². The van der Waals surface area contributed by atoms with Crippen LogP contribution < -0.4 is 5.32 Å². The molecule has 0 heterocycles. The fraction of sp³-hybridized carbons (Fsp3) is 0.929. The van der Waals surface area contributed by atoms with Crippen molar-refractivity contribution in [3.8, 4) is 0 Å². The van der Waals surface area contributed by atoms with Crippen molar-refractivity contribution in [2.24, 2.45) is 5.41 Å². The maximum atomic E-state index is 11.6. The molecular formula is C14H33NO2. The van der Waals surface area contributed by atoms with Crippen LogP contribution in [0.1, 0.15) is 54.9 Å². The summed E-state index contributed by atoms with van der Waals surface area (Å²) in [6.07, 6.45) is 0.887. The third-order valence-corrected chi connectivity index (χ3v) is 2.41. The summed E-state index contributed by atoms with van der Waals surface area (Å²) in [5.41, 5.74) is -0.194. The smallest absolute Gasteiger partial charge is 0.152 e. The normalized spacial score (nSPS) is 9.65. The molecule has 0 saturated heterocycles. The zero-order valence-corrected chi connectivity index (χ0v) is 13.1. The lowest BCUT2D eigenvalue weighted by atomic mass is 9.85. The SMILES string of the molecule is CC.CC.CCC(C)(C)C(=O)CNCCOC. The highest BCUT2D eigenvalue weighted by molar-refractivity contribution is 5.85. The van der Waals surface area contributed by atoms with Crippen LogP contribution in [0.15, 0.2) is 0 Å². The Hall–Kier alpha value is -0.410. The second-order valence-corrected chi connectivity index (χ2v) is 3.83. The zero-order chi connectivity index (χ0) is 14.3. The number of Topliss-reactive ketones (excluding diaryl/α,β-unsaturated/α-hetero) is 1. The van der Waals surface area contributed by atoms with Crippen molar-refractivity contribution in [2.75, 3.05) is 26.8 Å². The number of rotatable bonds is 7. The predicted octanol–water partition coefficient (Wildman–Crippen LogP) is 3.28. The van der Waals surface area contributed by atoms with Gasteiger partial charge in [-0.25, -0.2) is 0 Å². The Kier molecular flexibility index (Phi) is 20.0. The van der Waals surface area contributed by atoms with Crippen molar-refractivity contribution in [2.45, 2.75) is 54.9 Å². The van der Waals surface area contributed by atoms with Gasteiger partial charge in [-0.05, 0) is 6.42 Å². The molecule has 1 N–H and O–H groups in total. The molecule has 0 radical (unpaired) electrons. The first-order valence-corrected chi connectivity index (χ1v) is 6.77. The first-order chi connectivity index (χ1) is 8.04.